The summed E-state index contributed by atoms with van der Waals surface area (Å²) in [5.41, 5.74) is 2.86. The first-order valence-corrected chi connectivity index (χ1v) is 10.5. The molecule has 2 heterocycles. The zero-order valence-electron chi connectivity index (χ0n) is 17.9. The summed E-state index contributed by atoms with van der Waals surface area (Å²) in [5, 5.41) is 20.7. The molecular weight excluding hydrogens is 394 g/mol. The fourth-order valence-corrected chi connectivity index (χ4v) is 3.70. The van der Waals surface area contributed by atoms with Crippen molar-refractivity contribution in [3.8, 4) is 17.0 Å². The number of carbonyl (C=O) groups excluding carboxylic acids is 2. The SMILES string of the molecule is CC(C)NC(=O)n1nc(-c2cc(NC(=O)c3cccn3C)ccc2O)cc1C1CCC1. The lowest BCUT2D eigenvalue weighted by molar-refractivity contribution is 0.101. The van der Waals surface area contributed by atoms with Gasteiger partial charge < -0.3 is 20.3 Å². The number of carbonyl (C=O) groups is 2. The van der Waals surface area contributed by atoms with E-state index in [1.807, 2.05) is 19.9 Å². The zero-order chi connectivity index (χ0) is 22.1. The van der Waals surface area contributed by atoms with Gasteiger partial charge in [0.2, 0.25) is 0 Å². The van der Waals surface area contributed by atoms with Gasteiger partial charge in [-0.05, 0) is 63.1 Å². The first-order valence-electron chi connectivity index (χ1n) is 10.5. The van der Waals surface area contributed by atoms with Gasteiger partial charge in [-0.3, -0.25) is 4.79 Å². The number of amides is 2. The van der Waals surface area contributed by atoms with Gasteiger partial charge in [0.1, 0.15) is 11.4 Å². The molecule has 2 aromatic heterocycles. The molecule has 0 aliphatic heterocycles. The quantitative estimate of drug-likeness (QED) is 0.540. The fraction of sp³-hybridized carbons (Fsp3) is 0.348. The molecule has 4 rings (SSSR count). The molecule has 0 radical (unpaired) electrons. The lowest BCUT2D eigenvalue weighted by Gasteiger charge is -2.25. The summed E-state index contributed by atoms with van der Waals surface area (Å²) in [6.07, 6.45) is 4.95. The minimum atomic E-state index is -0.282. The summed E-state index contributed by atoms with van der Waals surface area (Å²) >= 11 is 0. The molecule has 0 spiro atoms. The smallest absolute Gasteiger partial charge is 0.342 e. The third-order valence-electron chi connectivity index (χ3n) is 5.57. The van der Waals surface area contributed by atoms with Gasteiger partial charge in [0.25, 0.3) is 5.91 Å². The van der Waals surface area contributed by atoms with Crippen LogP contribution in [0.3, 0.4) is 0 Å². The number of aryl methyl sites for hydroxylation is 1. The fourth-order valence-electron chi connectivity index (χ4n) is 3.70. The Morgan fingerprint density at radius 1 is 1.19 bits per heavy atom. The van der Waals surface area contributed by atoms with Crippen LogP contribution in [0.25, 0.3) is 11.3 Å². The number of phenolic OH excluding ortho intramolecular Hbond substituents is 1. The molecule has 8 nitrogen and oxygen atoms in total. The van der Waals surface area contributed by atoms with Gasteiger partial charge in [-0.15, -0.1) is 0 Å². The summed E-state index contributed by atoms with van der Waals surface area (Å²) in [6.45, 7) is 3.80. The monoisotopic (exact) mass is 421 g/mol. The predicted octanol–water partition coefficient (Wildman–Crippen LogP) is 4.08. The van der Waals surface area contributed by atoms with Crippen molar-refractivity contribution >= 4 is 17.6 Å². The van der Waals surface area contributed by atoms with Gasteiger partial charge in [-0.1, -0.05) is 6.42 Å². The second-order valence-electron chi connectivity index (χ2n) is 8.29. The molecular formula is C23H27N5O3. The Morgan fingerprint density at radius 3 is 2.58 bits per heavy atom. The van der Waals surface area contributed by atoms with Gasteiger partial charge in [0.15, 0.2) is 0 Å². The summed E-state index contributed by atoms with van der Waals surface area (Å²) in [6, 6.07) is 9.93. The van der Waals surface area contributed by atoms with E-state index >= 15 is 0 Å². The van der Waals surface area contributed by atoms with E-state index in [-0.39, 0.29) is 29.6 Å². The van der Waals surface area contributed by atoms with Crippen molar-refractivity contribution in [3.05, 3.63) is 54.0 Å². The van der Waals surface area contributed by atoms with Crippen molar-refractivity contribution in [3.63, 3.8) is 0 Å². The highest BCUT2D eigenvalue weighted by Gasteiger charge is 2.28. The molecule has 31 heavy (non-hydrogen) atoms. The molecule has 0 bridgehead atoms. The number of aromatic nitrogens is 3. The van der Waals surface area contributed by atoms with Crippen LogP contribution < -0.4 is 10.6 Å². The lowest BCUT2D eigenvalue weighted by atomic mass is 9.82. The van der Waals surface area contributed by atoms with Crippen molar-refractivity contribution in [1.29, 1.82) is 0 Å². The number of nitrogens with one attached hydrogen (secondary N) is 2. The number of phenols is 1. The number of aromatic hydroxyl groups is 1. The van der Waals surface area contributed by atoms with E-state index in [9.17, 15) is 14.7 Å². The van der Waals surface area contributed by atoms with Crippen LogP contribution in [0, 0.1) is 0 Å². The average molecular weight is 422 g/mol. The largest absolute Gasteiger partial charge is 0.507 e. The molecule has 1 saturated carbocycles. The first-order chi connectivity index (χ1) is 14.8. The van der Waals surface area contributed by atoms with E-state index in [0.29, 0.717) is 22.6 Å². The minimum Gasteiger partial charge on any atom is -0.507 e. The average Bonchev–Trinajstić information content (AvgIpc) is 3.28. The van der Waals surface area contributed by atoms with Crippen LogP contribution in [0.2, 0.25) is 0 Å². The molecule has 0 atom stereocenters. The molecule has 162 valence electrons. The maximum atomic E-state index is 12.7. The van der Waals surface area contributed by atoms with E-state index in [1.54, 1.807) is 42.1 Å². The maximum Gasteiger partial charge on any atom is 0.342 e. The molecule has 3 aromatic rings. The van der Waals surface area contributed by atoms with Gasteiger partial charge in [0, 0.05) is 36.5 Å². The van der Waals surface area contributed by atoms with Crippen LogP contribution in [-0.4, -0.2) is 37.4 Å². The van der Waals surface area contributed by atoms with Crippen molar-refractivity contribution < 1.29 is 14.7 Å². The zero-order valence-corrected chi connectivity index (χ0v) is 17.9. The lowest BCUT2D eigenvalue weighted by Crippen LogP contribution is -2.36. The molecule has 1 aliphatic carbocycles. The van der Waals surface area contributed by atoms with Crippen LogP contribution >= 0.6 is 0 Å². The third kappa shape index (κ3) is 4.19. The van der Waals surface area contributed by atoms with E-state index in [2.05, 4.69) is 15.7 Å². The Bertz CT molecular complexity index is 1120. The third-order valence-corrected chi connectivity index (χ3v) is 5.57. The Labute approximate surface area is 180 Å². The molecule has 0 saturated heterocycles. The van der Waals surface area contributed by atoms with Gasteiger partial charge >= 0.3 is 6.03 Å². The number of rotatable bonds is 5. The van der Waals surface area contributed by atoms with E-state index < -0.39 is 0 Å². The standard InChI is InChI=1S/C23H27N5O3/c1-14(2)24-23(31)28-20(15-6-4-7-15)13-18(26-28)17-12-16(9-10-21(17)29)25-22(30)19-8-5-11-27(19)3/h5,8-15,29H,4,6-7H2,1-3H3,(H,24,31)(H,25,30). The molecule has 1 aromatic carbocycles. The topological polar surface area (TPSA) is 101 Å². The molecule has 1 aliphatic rings. The maximum absolute atomic E-state index is 12.7. The minimum absolute atomic E-state index is 0.0150. The predicted molar refractivity (Wildman–Crippen MR) is 118 cm³/mol. The summed E-state index contributed by atoms with van der Waals surface area (Å²) in [5.74, 6) is 0.0635. The van der Waals surface area contributed by atoms with Crippen molar-refractivity contribution in [2.45, 2.75) is 45.1 Å². The van der Waals surface area contributed by atoms with Crippen LogP contribution in [0.1, 0.15) is 55.2 Å². The Kier molecular flexibility index (Phi) is 5.54. The Morgan fingerprint density at radius 2 is 1.97 bits per heavy atom. The van der Waals surface area contributed by atoms with Gasteiger partial charge in [0.05, 0.1) is 11.4 Å². The number of nitrogens with zero attached hydrogens (tertiary/aromatic N) is 3. The molecule has 2 amide bonds. The van der Waals surface area contributed by atoms with Crippen molar-refractivity contribution in [2.75, 3.05) is 5.32 Å². The molecule has 1 fully saturated rings. The highest BCUT2D eigenvalue weighted by atomic mass is 16.3. The Balaban J connectivity index is 1.66. The second-order valence-corrected chi connectivity index (χ2v) is 8.29. The van der Waals surface area contributed by atoms with Gasteiger partial charge in [-0.2, -0.15) is 9.78 Å². The van der Waals surface area contributed by atoms with Gasteiger partial charge in [-0.25, -0.2) is 4.79 Å². The first kappa shape index (κ1) is 20.7. The van der Waals surface area contributed by atoms with Crippen LogP contribution in [0.4, 0.5) is 10.5 Å². The van der Waals surface area contributed by atoms with Crippen LogP contribution in [-0.2, 0) is 7.05 Å². The molecule has 3 N–H and O–H groups in total. The van der Waals surface area contributed by atoms with E-state index in [0.717, 1.165) is 25.0 Å². The van der Waals surface area contributed by atoms with Crippen LogP contribution in [0.15, 0.2) is 42.6 Å². The number of hydrogen-bond donors (Lipinski definition) is 3. The summed E-state index contributed by atoms with van der Waals surface area (Å²) < 4.78 is 3.14. The van der Waals surface area contributed by atoms with Crippen LogP contribution in [0.5, 0.6) is 5.75 Å². The Hall–Kier alpha value is -3.55. The highest BCUT2D eigenvalue weighted by molar-refractivity contribution is 6.03. The van der Waals surface area contributed by atoms with E-state index in [4.69, 9.17) is 0 Å². The number of hydrogen-bond acceptors (Lipinski definition) is 4. The molecule has 8 heteroatoms. The highest BCUT2D eigenvalue weighted by Crippen LogP contribution is 2.39. The summed E-state index contributed by atoms with van der Waals surface area (Å²) in [4.78, 5) is 25.2. The number of anilines is 1. The van der Waals surface area contributed by atoms with Crippen molar-refractivity contribution in [1.82, 2.24) is 19.7 Å². The molecule has 0 unspecified atom stereocenters. The normalized spacial score (nSPS) is 13.8. The summed E-state index contributed by atoms with van der Waals surface area (Å²) in [7, 11) is 1.80. The van der Waals surface area contributed by atoms with E-state index in [1.165, 1.54) is 10.7 Å². The second kappa shape index (κ2) is 8.29. The number of benzene rings is 1. The van der Waals surface area contributed by atoms with Crippen molar-refractivity contribution in [2.24, 2.45) is 7.05 Å².